The Bertz CT molecular complexity index is 669. The maximum Gasteiger partial charge on any atom is 0.251 e. The van der Waals surface area contributed by atoms with Crippen LogP contribution in [0.1, 0.15) is 54.9 Å². The van der Waals surface area contributed by atoms with E-state index < -0.39 is 0 Å². The minimum Gasteiger partial charge on any atom is -0.357 e. The van der Waals surface area contributed by atoms with Gasteiger partial charge in [0, 0.05) is 31.7 Å². The highest BCUT2D eigenvalue weighted by Gasteiger charge is 2.15. The number of hydrogen-bond acceptors (Lipinski definition) is 3. The van der Waals surface area contributed by atoms with Gasteiger partial charge in [0.2, 0.25) is 5.91 Å². The van der Waals surface area contributed by atoms with Crippen LogP contribution in [0.2, 0.25) is 0 Å². The number of aliphatic imine (C=N–C) groups is 1. The highest BCUT2D eigenvalue weighted by Crippen LogP contribution is 2.17. The van der Waals surface area contributed by atoms with Gasteiger partial charge in [0.15, 0.2) is 5.96 Å². The first-order chi connectivity index (χ1) is 13.6. The highest BCUT2D eigenvalue weighted by molar-refractivity contribution is 5.94. The first kappa shape index (κ1) is 21.7. The van der Waals surface area contributed by atoms with Gasteiger partial charge >= 0.3 is 0 Å². The smallest absolute Gasteiger partial charge is 0.251 e. The van der Waals surface area contributed by atoms with Gasteiger partial charge in [0.1, 0.15) is 6.54 Å². The average Bonchev–Trinajstić information content (AvgIpc) is 2.72. The molecule has 4 N–H and O–H groups in total. The summed E-state index contributed by atoms with van der Waals surface area (Å²) in [6.07, 6.45) is 6.55. The highest BCUT2D eigenvalue weighted by atomic mass is 16.2. The van der Waals surface area contributed by atoms with Crippen LogP contribution in [0.25, 0.3) is 0 Å². The van der Waals surface area contributed by atoms with E-state index in [2.05, 4.69) is 26.3 Å². The van der Waals surface area contributed by atoms with Crippen molar-refractivity contribution in [2.75, 3.05) is 26.7 Å². The largest absolute Gasteiger partial charge is 0.357 e. The molecule has 7 nitrogen and oxygen atoms in total. The van der Waals surface area contributed by atoms with Crippen LogP contribution in [0.5, 0.6) is 0 Å². The molecule has 0 bridgehead atoms. The number of amides is 2. The number of guanidine groups is 1. The van der Waals surface area contributed by atoms with Gasteiger partial charge in [0.05, 0.1) is 0 Å². The molecule has 0 saturated heterocycles. The molecule has 0 radical (unpaired) electrons. The molecular formula is C21H33N5O2. The predicted octanol–water partition coefficient (Wildman–Crippen LogP) is 1.59. The molecule has 1 aliphatic carbocycles. The Kier molecular flexibility index (Phi) is 9.31. The Morgan fingerprint density at radius 1 is 1.14 bits per heavy atom. The van der Waals surface area contributed by atoms with Crippen LogP contribution in [-0.4, -0.2) is 50.5 Å². The third kappa shape index (κ3) is 7.58. The summed E-state index contributed by atoms with van der Waals surface area (Å²) in [5, 5.41) is 12.1. The van der Waals surface area contributed by atoms with E-state index in [1.54, 1.807) is 13.1 Å². The molecule has 1 saturated carbocycles. The molecule has 28 heavy (non-hydrogen) atoms. The molecule has 154 valence electrons. The monoisotopic (exact) mass is 387 g/mol. The molecule has 0 heterocycles. The zero-order chi connectivity index (χ0) is 20.2. The summed E-state index contributed by atoms with van der Waals surface area (Å²) in [4.78, 5) is 28.3. The van der Waals surface area contributed by atoms with Crippen molar-refractivity contribution in [1.82, 2.24) is 21.3 Å². The van der Waals surface area contributed by atoms with E-state index in [1.165, 1.54) is 19.3 Å². The van der Waals surface area contributed by atoms with Crippen molar-refractivity contribution in [1.29, 1.82) is 0 Å². The number of nitrogens with one attached hydrogen (secondary N) is 4. The molecule has 0 aliphatic heterocycles. The molecule has 1 fully saturated rings. The topological polar surface area (TPSA) is 94.6 Å². The Morgan fingerprint density at radius 2 is 1.93 bits per heavy atom. The van der Waals surface area contributed by atoms with Crippen molar-refractivity contribution >= 4 is 17.8 Å². The summed E-state index contributed by atoms with van der Waals surface area (Å²) >= 11 is 0. The quantitative estimate of drug-likeness (QED) is 0.402. The predicted molar refractivity (Wildman–Crippen MR) is 113 cm³/mol. The molecule has 1 aromatic rings. The number of hydrogen-bond donors (Lipinski definition) is 4. The fraction of sp³-hybridized carbons (Fsp3) is 0.571. The van der Waals surface area contributed by atoms with Gasteiger partial charge in [-0.3, -0.25) is 9.59 Å². The Hall–Kier alpha value is -2.57. The van der Waals surface area contributed by atoms with E-state index in [4.69, 9.17) is 0 Å². The molecule has 1 aliphatic rings. The molecule has 7 heteroatoms. The summed E-state index contributed by atoms with van der Waals surface area (Å²) in [7, 11) is 1.63. The normalized spacial score (nSPS) is 15.0. The fourth-order valence-corrected chi connectivity index (χ4v) is 3.35. The van der Waals surface area contributed by atoms with Crippen molar-refractivity contribution in [3.8, 4) is 0 Å². The van der Waals surface area contributed by atoms with Crippen molar-refractivity contribution in [2.24, 2.45) is 4.99 Å². The number of nitrogens with zero attached hydrogens (tertiary/aromatic N) is 1. The van der Waals surface area contributed by atoms with Crippen LogP contribution in [-0.2, 0) is 11.2 Å². The second kappa shape index (κ2) is 12.0. The van der Waals surface area contributed by atoms with Gasteiger partial charge in [-0.1, -0.05) is 31.4 Å². The third-order valence-electron chi connectivity index (χ3n) is 4.82. The molecule has 2 rings (SSSR count). The summed E-state index contributed by atoms with van der Waals surface area (Å²) in [5.41, 5.74) is 1.72. The lowest BCUT2D eigenvalue weighted by Gasteiger charge is -2.22. The summed E-state index contributed by atoms with van der Waals surface area (Å²) in [6.45, 7) is 3.50. The summed E-state index contributed by atoms with van der Waals surface area (Å²) in [5.74, 6) is 0.514. The van der Waals surface area contributed by atoms with Gasteiger partial charge in [-0.25, -0.2) is 4.99 Å². The van der Waals surface area contributed by atoms with Crippen molar-refractivity contribution in [3.63, 3.8) is 0 Å². The van der Waals surface area contributed by atoms with Crippen LogP contribution in [0.3, 0.4) is 0 Å². The van der Waals surface area contributed by atoms with E-state index in [0.717, 1.165) is 31.4 Å². The van der Waals surface area contributed by atoms with Crippen LogP contribution >= 0.6 is 0 Å². The Balaban J connectivity index is 1.80. The molecule has 0 spiro atoms. The molecule has 2 amide bonds. The number of carbonyl (C=O) groups excluding carboxylic acids is 2. The lowest BCUT2D eigenvalue weighted by Crippen LogP contribution is -2.41. The minimum atomic E-state index is -0.0892. The Morgan fingerprint density at radius 3 is 2.64 bits per heavy atom. The van der Waals surface area contributed by atoms with E-state index in [0.29, 0.717) is 24.1 Å². The number of benzene rings is 1. The van der Waals surface area contributed by atoms with Crippen molar-refractivity contribution in [3.05, 3.63) is 35.4 Å². The maximum absolute atomic E-state index is 12.1. The third-order valence-corrected chi connectivity index (χ3v) is 4.82. The van der Waals surface area contributed by atoms with Crippen LogP contribution < -0.4 is 21.3 Å². The zero-order valence-corrected chi connectivity index (χ0v) is 17.0. The zero-order valence-electron chi connectivity index (χ0n) is 17.0. The van der Waals surface area contributed by atoms with Crippen LogP contribution in [0.4, 0.5) is 0 Å². The van der Waals surface area contributed by atoms with Gasteiger partial charge in [-0.05, 0) is 43.9 Å². The summed E-state index contributed by atoms with van der Waals surface area (Å²) in [6, 6.07) is 7.87. The van der Waals surface area contributed by atoms with E-state index in [9.17, 15) is 9.59 Å². The van der Waals surface area contributed by atoms with Crippen LogP contribution in [0, 0.1) is 0 Å². The Labute approximate surface area is 167 Å². The summed E-state index contributed by atoms with van der Waals surface area (Å²) < 4.78 is 0. The SMILES string of the molecule is CCNC(=NCC(=O)NC1CCCCC1)NCCc1cccc(C(=O)NC)c1. The molecule has 1 aromatic carbocycles. The van der Waals surface area contributed by atoms with Crippen LogP contribution in [0.15, 0.2) is 29.3 Å². The van der Waals surface area contributed by atoms with Crippen molar-refractivity contribution < 1.29 is 9.59 Å². The fourth-order valence-electron chi connectivity index (χ4n) is 3.35. The van der Waals surface area contributed by atoms with Crippen molar-refractivity contribution in [2.45, 2.75) is 51.5 Å². The molecule has 0 aromatic heterocycles. The molecular weight excluding hydrogens is 354 g/mol. The lowest BCUT2D eigenvalue weighted by molar-refractivity contribution is -0.120. The number of rotatable bonds is 8. The van der Waals surface area contributed by atoms with E-state index >= 15 is 0 Å². The van der Waals surface area contributed by atoms with Gasteiger partial charge in [0.25, 0.3) is 5.91 Å². The maximum atomic E-state index is 12.1. The number of carbonyl (C=O) groups is 2. The van der Waals surface area contributed by atoms with Gasteiger partial charge in [-0.2, -0.15) is 0 Å². The molecule has 0 atom stereocenters. The second-order valence-electron chi connectivity index (χ2n) is 7.05. The second-order valence-corrected chi connectivity index (χ2v) is 7.05. The van der Waals surface area contributed by atoms with Gasteiger partial charge in [-0.15, -0.1) is 0 Å². The average molecular weight is 388 g/mol. The van der Waals surface area contributed by atoms with E-state index in [1.807, 2.05) is 25.1 Å². The first-order valence-electron chi connectivity index (χ1n) is 10.2. The first-order valence-corrected chi connectivity index (χ1v) is 10.2. The van der Waals surface area contributed by atoms with Gasteiger partial charge < -0.3 is 21.3 Å². The lowest BCUT2D eigenvalue weighted by atomic mass is 9.95. The minimum absolute atomic E-state index is 0.0256. The van der Waals surface area contributed by atoms with E-state index in [-0.39, 0.29) is 18.4 Å². The standard InChI is InChI=1S/C21H33N5O2/c1-3-23-21(25-15-19(27)26-18-10-5-4-6-11-18)24-13-12-16-8-7-9-17(14-16)20(28)22-2/h7-9,14,18H,3-6,10-13,15H2,1-2H3,(H,22,28)(H,26,27)(H2,23,24,25). The molecule has 0 unspecified atom stereocenters.